The van der Waals surface area contributed by atoms with Crippen LogP contribution in [0.5, 0.6) is 0 Å². The SMILES string of the molecule is C[C@@H](NC(=O)CSCc1cccs1)C12CC3CC(CC(C3)C1)C2. The quantitative estimate of drug-likeness (QED) is 0.806. The minimum Gasteiger partial charge on any atom is -0.352 e. The standard InChI is InChI=1S/C19H27NOS2/c1-13(20-18(21)12-22-11-17-3-2-4-23-17)19-8-14-5-15(9-19)7-16(6-14)10-19/h2-4,13-16H,5-12H2,1H3,(H,20,21)/t13-,14?,15?,16?,19?/m1/s1. The fourth-order valence-electron chi connectivity index (χ4n) is 5.78. The van der Waals surface area contributed by atoms with E-state index in [1.165, 1.54) is 43.4 Å². The van der Waals surface area contributed by atoms with E-state index in [4.69, 9.17) is 0 Å². The van der Waals surface area contributed by atoms with Gasteiger partial charge >= 0.3 is 0 Å². The molecule has 0 aliphatic heterocycles. The Hall–Kier alpha value is -0.480. The first-order valence-electron chi connectivity index (χ1n) is 9.02. The van der Waals surface area contributed by atoms with Crippen molar-refractivity contribution < 1.29 is 4.79 Å². The third-order valence-electron chi connectivity index (χ3n) is 6.44. The highest BCUT2D eigenvalue weighted by molar-refractivity contribution is 7.99. The van der Waals surface area contributed by atoms with E-state index in [1.807, 2.05) is 0 Å². The lowest BCUT2D eigenvalue weighted by molar-refractivity contribution is -0.123. The Morgan fingerprint density at radius 1 is 1.30 bits per heavy atom. The Morgan fingerprint density at radius 2 is 1.96 bits per heavy atom. The van der Waals surface area contributed by atoms with Crippen LogP contribution < -0.4 is 5.32 Å². The summed E-state index contributed by atoms with van der Waals surface area (Å²) in [5, 5.41) is 5.46. The van der Waals surface area contributed by atoms with Gasteiger partial charge in [0.25, 0.3) is 0 Å². The molecule has 1 heterocycles. The van der Waals surface area contributed by atoms with Crippen molar-refractivity contribution in [3.05, 3.63) is 22.4 Å². The van der Waals surface area contributed by atoms with Gasteiger partial charge in [-0.05, 0) is 80.1 Å². The zero-order valence-electron chi connectivity index (χ0n) is 13.9. The van der Waals surface area contributed by atoms with Crippen LogP contribution in [0.15, 0.2) is 17.5 Å². The van der Waals surface area contributed by atoms with Crippen LogP contribution in [0.25, 0.3) is 0 Å². The van der Waals surface area contributed by atoms with Crippen LogP contribution in [0, 0.1) is 23.2 Å². The molecule has 4 aliphatic carbocycles. The Labute approximate surface area is 147 Å². The van der Waals surface area contributed by atoms with Crippen molar-refractivity contribution in [3.8, 4) is 0 Å². The van der Waals surface area contributed by atoms with E-state index in [0.717, 1.165) is 23.5 Å². The van der Waals surface area contributed by atoms with Gasteiger partial charge in [-0.2, -0.15) is 0 Å². The lowest BCUT2D eigenvalue weighted by Crippen LogP contribution is -2.56. The average Bonchev–Trinajstić information content (AvgIpc) is 2.99. The molecular weight excluding hydrogens is 322 g/mol. The summed E-state index contributed by atoms with van der Waals surface area (Å²) in [7, 11) is 0. The second-order valence-corrected chi connectivity index (χ2v) is 10.2. The highest BCUT2D eigenvalue weighted by Crippen LogP contribution is 2.61. The van der Waals surface area contributed by atoms with Gasteiger partial charge in [0, 0.05) is 16.7 Å². The largest absolute Gasteiger partial charge is 0.352 e. The maximum Gasteiger partial charge on any atom is 0.230 e. The summed E-state index contributed by atoms with van der Waals surface area (Å²) in [4.78, 5) is 13.7. The summed E-state index contributed by atoms with van der Waals surface area (Å²) < 4.78 is 0. The average molecular weight is 350 g/mol. The lowest BCUT2D eigenvalue weighted by Gasteiger charge is -2.59. The van der Waals surface area contributed by atoms with Gasteiger partial charge in [-0.3, -0.25) is 4.79 Å². The normalized spacial score (nSPS) is 36.1. The summed E-state index contributed by atoms with van der Waals surface area (Å²) in [5.74, 6) is 4.64. The number of thiophene rings is 1. The molecule has 4 saturated carbocycles. The Balaban J connectivity index is 1.29. The van der Waals surface area contributed by atoms with Crippen LogP contribution >= 0.6 is 23.1 Å². The molecule has 4 bridgehead atoms. The zero-order chi connectivity index (χ0) is 15.9. The number of hydrogen-bond donors (Lipinski definition) is 1. The van der Waals surface area contributed by atoms with Gasteiger partial charge < -0.3 is 5.32 Å². The molecule has 2 nitrogen and oxygen atoms in total. The smallest absolute Gasteiger partial charge is 0.230 e. The number of rotatable bonds is 6. The molecule has 4 aliphatic rings. The van der Waals surface area contributed by atoms with Crippen molar-refractivity contribution in [3.63, 3.8) is 0 Å². The molecule has 1 atom stereocenters. The number of amides is 1. The lowest BCUT2D eigenvalue weighted by atomic mass is 9.48. The van der Waals surface area contributed by atoms with E-state index in [9.17, 15) is 4.79 Å². The molecule has 1 amide bonds. The number of hydrogen-bond acceptors (Lipinski definition) is 3. The molecule has 0 spiro atoms. The first kappa shape index (κ1) is 16.0. The van der Waals surface area contributed by atoms with Crippen LogP contribution in [-0.4, -0.2) is 17.7 Å². The second-order valence-electron chi connectivity index (χ2n) is 8.14. The first-order valence-corrected chi connectivity index (χ1v) is 11.1. The fraction of sp³-hybridized carbons (Fsp3) is 0.737. The third kappa shape index (κ3) is 3.34. The number of thioether (sulfide) groups is 1. The monoisotopic (exact) mass is 349 g/mol. The van der Waals surface area contributed by atoms with E-state index in [-0.39, 0.29) is 5.91 Å². The minimum atomic E-state index is 0.231. The summed E-state index contributed by atoms with van der Waals surface area (Å²) >= 11 is 3.51. The van der Waals surface area contributed by atoms with Crippen LogP contribution in [0.3, 0.4) is 0 Å². The predicted molar refractivity (Wildman–Crippen MR) is 98.7 cm³/mol. The number of carbonyl (C=O) groups excluding carboxylic acids is 1. The van der Waals surface area contributed by atoms with Crippen LogP contribution in [0.4, 0.5) is 0 Å². The first-order chi connectivity index (χ1) is 11.1. The summed E-state index contributed by atoms with van der Waals surface area (Å²) in [6.45, 7) is 2.27. The molecule has 126 valence electrons. The molecule has 0 unspecified atom stereocenters. The maximum absolute atomic E-state index is 12.3. The van der Waals surface area contributed by atoms with Crippen LogP contribution in [-0.2, 0) is 10.5 Å². The highest BCUT2D eigenvalue weighted by Gasteiger charge is 2.53. The summed E-state index contributed by atoms with van der Waals surface area (Å²) in [5.41, 5.74) is 0.419. The van der Waals surface area contributed by atoms with Crippen LogP contribution in [0.1, 0.15) is 50.3 Å². The number of carbonyl (C=O) groups is 1. The van der Waals surface area contributed by atoms with Gasteiger partial charge in [-0.1, -0.05) is 6.07 Å². The van der Waals surface area contributed by atoms with Gasteiger partial charge in [-0.15, -0.1) is 23.1 Å². The van der Waals surface area contributed by atoms with E-state index >= 15 is 0 Å². The van der Waals surface area contributed by atoms with Crippen LogP contribution in [0.2, 0.25) is 0 Å². The predicted octanol–water partition coefficient (Wildman–Crippen LogP) is 4.70. The topological polar surface area (TPSA) is 29.1 Å². The molecule has 4 fully saturated rings. The van der Waals surface area contributed by atoms with Crippen molar-refractivity contribution in [2.75, 3.05) is 5.75 Å². The highest BCUT2D eigenvalue weighted by atomic mass is 32.2. The van der Waals surface area contributed by atoms with E-state index in [0.29, 0.717) is 17.2 Å². The van der Waals surface area contributed by atoms with E-state index in [1.54, 1.807) is 23.1 Å². The van der Waals surface area contributed by atoms with Crippen molar-refractivity contribution in [1.29, 1.82) is 0 Å². The molecule has 23 heavy (non-hydrogen) atoms. The molecule has 0 saturated heterocycles. The van der Waals surface area contributed by atoms with Crippen molar-refractivity contribution in [2.45, 2.75) is 57.2 Å². The van der Waals surface area contributed by atoms with Gasteiger partial charge in [0.15, 0.2) is 0 Å². The molecule has 5 rings (SSSR count). The summed E-state index contributed by atoms with van der Waals surface area (Å²) in [6.07, 6.45) is 8.50. The number of nitrogens with one attached hydrogen (secondary N) is 1. The Bertz CT molecular complexity index is 518. The summed E-state index contributed by atoms with van der Waals surface area (Å²) in [6, 6.07) is 4.58. The minimum absolute atomic E-state index is 0.231. The Kier molecular flexibility index (Phi) is 4.48. The van der Waals surface area contributed by atoms with Gasteiger partial charge in [-0.25, -0.2) is 0 Å². The van der Waals surface area contributed by atoms with E-state index < -0.39 is 0 Å². The van der Waals surface area contributed by atoms with Crippen molar-refractivity contribution >= 4 is 29.0 Å². The molecule has 1 aromatic rings. The van der Waals surface area contributed by atoms with Gasteiger partial charge in [0.05, 0.1) is 5.75 Å². The molecular formula is C19H27NOS2. The molecule has 0 radical (unpaired) electrons. The van der Waals surface area contributed by atoms with Crippen molar-refractivity contribution in [2.24, 2.45) is 23.2 Å². The molecule has 1 aromatic heterocycles. The van der Waals surface area contributed by atoms with Crippen molar-refractivity contribution in [1.82, 2.24) is 5.32 Å². The molecule has 4 heteroatoms. The molecule has 1 N–H and O–H groups in total. The van der Waals surface area contributed by atoms with Gasteiger partial charge in [0.2, 0.25) is 5.91 Å². The molecule has 0 aromatic carbocycles. The fourth-order valence-corrected chi connectivity index (χ4v) is 7.46. The third-order valence-corrected chi connectivity index (χ3v) is 8.48. The van der Waals surface area contributed by atoms with E-state index in [2.05, 4.69) is 29.8 Å². The zero-order valence-corrected chi connectivity index (χ0v) is 15.6. The maximum atomic E-state index is 12.3. The Morgan fingerprint density at radius 3 is 2.52 bits per heavy atom. The second kappa shape index (κ2) is 6.44. The van der Waals surface area contributed by atoms with Gasteiger partial charge in [0.1, 0.15) is 0 Å².